The SMILES string of the molecule is COc1ccc(C(C)N2CCCC(C(=O)O)C2)cc1. The highest BCUT2D eigenvalue weighted by Crippen LogP contribution is 2.27. The van der Waals surface area contributed by atoms with Gasteiger partial charge in [-0.15, -0.1) is 0 Å². The molecule has 0 aliphatic carbocycles. The number of hydrogen-bond acceptors (Lipinski definition) is 3. The fraction of sp³-hybridized carbons (Fsp3) is 0.533. The van der Waals surface area contributed by atoms with Gasteiger partial charge in [-0.3, -0.25) is 9.69 Å². The number of nitrogens with zero attached hydrogens (tertiary/aromatic N) is 1. The summed E-state index contributed by atoms with van der Waals surface area (Å²) in [5.74, 6) is -0.0564. The molecule has 0 aromatic heterocycles. The maximum Gasteiger partial charge on any atom is 0.307 e. The highest BCUT2D eigenvalue weighted by atomic mass is 16.5. The van der Waals surface area contributed by atoms with E-state index in [4.69, 9.17) is 9.84 Å². The molecule has 1 aliphatic rings. The Bertz CT molecular complexity index is 430. The number of aliphatic carboxylic acids is 1. The van der Waals surface area contributed by atoms with Gasteiger partial charge in [-0.2, -0.15) is 0 Å². The molecule has 0 saturated carbocycles. The zero-order valence-corrected chi connectivity index (χ0v) is 11.5. The number of hydrogen-bond donors (Lipinski definition) is 1. The molecular formula is C15H21NO3. The van der Waals surface area contributed by atoms with Gasteiger partial charge in [0, 0.05) is 12.6 Å². The zero-order valence-electron chi connectivity index (χ0n) is 11.5. The van der Waals surface area contributed by atoms with Gasteiger partial charge in [-0.1, -0.05) is 12.1 Å². The second-order valence-electron chi connectivity index (χ2n) is 5.12. The van der Waals surface area contributed by atoms with Crippen LogP contribution in [0, 0.1) is 5.92 Å². The van der Waals surface area contributed by atoms with Crippen LogP contribution in [-0.2, 0) is 4.79 Å². The van der Waals surface area contributed by atoms with Crippen LogP contribution in [0.3, 0.4) is 0 Å². The molecule has 0 radical (unpaired) electrons. The average molecular weight is 263 g/mol. The van der Waals surface area contributed by atoms with Crippen LogP contribution in [-0.4, -0.2) is 36.2 Å². The third kappa shape index (κ3) is 3.26. The van der Waals surface area contributed by atoms with Crippen LogP contribution >= 0.6 is 0 Å². The molecule has 1 aromatic carbocycles. The van der Waals surface area contributed by atoms with Gasteiger partial charge >= 0.3 is 5.97 Å². The molecule has 19 heavy (non-hydrogen) atoms. The van der Waals surface area contributed by atoms with Crippen LogP contribution in [0.15, 0.2) is 24.3 Å². The van der Waals surface area contributed by atoms with Crippen molar-refractivity contribution in [2.75, 3.05) is 20.2 Å². The van der Waals surface area contributed by atoms with E-state index >= 15 is 0 Å². The van der Waals surface area contributed by atoms with Crippen molar-refractivity contribution in [1.82, 2.24) is 4.90 Å². The first-order chi connectivity index (χ1) is 9.11. The van der Waals surface area contributed by atoms with Gasteiger partial charge in [-0.05, 0) is 44.0 Å². The lowest BCUT2D eigenvalue weighted by atomic mass is 9.95. The quantitative estimate of drug-likeness (QED) is 0.907. The second kappa shape index (κ2) is 6.06. The number of likely N-dealkylation sites (tertiary alicyclic amines) is 1. The number of rotatable bonds is 4. The Morgan fingerprint density at radius 3 is 2.68 bits per heavy atom. The van der Waals surface area contributed by atoms with Crippen molar-refractivity contribution < 1.29 is 14.6 Å². The van der Waals surface area contributed by atoms with Gasteiger partial charge in [0.05, 0.1) is 13.0 Å². The summed E-state index contributed by atoms with van der Waals surface area (Å²) in [4.78, 5) is 13.4. The lowest BCUT2D eigenvalue weighted by Crippen LogP contribution is -2.40. The smallest absolute Gasteiger partial charge is 0.307 e. The lowest BCUT2D eigenvalue weighted by molar-refractivity contribution is -0.143. The third-order valence-electron chi connectivity index (χ3n) is 3.95. The van der Waals surface area contributed by atoms with E-state index in [-0.39, 0.29) is 12.0 Å². The van der Waals surface area contributed by atoms with E-state index in [2.05, 4.69) is 11.8 Å². The van der Waals surface area contributed by atoms with E-state index in [0.29, 0.717) is 6.54 Å². The fourth-order valence-electron chi connectivity index (χ4n) is 2.65. The van der Waals surface area contributed by atoms with Gasteiger partial charge in [0.25, 0.3) is 0 Å². The molecule has 104 valence electrons. The Balaban J connectivity index is 2.05. The van der Waals surface area contributed by atoms with Crippen LogP contribution < -0.4 is 4.74 Å². The van der Waals surface area contributed by atoms with Gasteiger partial charge in [0.1, 0.15) is 5.75 Å². The summed E-state index contributed by atoms with van der Waals surface area (Å²) < 4.78 is 5.15. The maximum atomic E-state index is 11.1. The summed E-state index contributed by atoms with van der Waals surface area (Å²) in [6, 6.07) is 8.24. The molecule has 1 saturated heterocycles. The summed E-state index contributed by atoms with van der Waals surface area (Å²) >= 11 is 0. The number of piperidine rings is 1. The van der Waals surface area contributed by atoms with E-state index in [9.17, 15) is 4.79 Å². The number of ether oxygens (including phenoxy) is 1. The first-order valence-electron chi connectivity index (χ1n) is 6.72. The van der Waals surface area contributed by atoms with Crippen molar-refractivity contribution >= 4 is 5.97 Å². The van der Waals surface area contributed by atoms with E-state index < -0.39 is 5.97 Å². The number of carboxylic acid groups (broad SMARTS) is 1. The maximum absolute atomic E-state index is 11.1. The Kier molecular flexibility index (Phi) is 4.43. The van der Waals surface area contributed by atoms with Crippen molar-refractivity contribution in [3.63, 3.8) is 0 Å². The number of methoxy groups -OCH3 is 1. The highest BCUT2D eigenvalue weighted by Gasteiger charge is 2.28. The number of benzene rings is 1. The van der Waals surface area contributed by atoms with Crippen LogP contribution in [0.25, 0.3) is 0 Å². The largest absolute Gasteiger partial charge is 0.497 e. The standard InChI is InChI=1S/C15H21NO3/c1-11(12-5-7-14(19-2)8-6-12)16-9-3-4-13(10-16)15(17)18/h5-8,11,13H,3-4,9-10H2,1-2H3,(H,17,18). The van der Waals surface area contributed by atoms with E-state index in [1.807, 2.05) is 24.3 Å². The molecule has 0 spiro atoms. The van der Waals surface area contributed by atoms with Crippen molar-refractivity contribution in [3.8, 4) is 5.75 Å². The minimum Gasteiger partial charge on any atom is -0.497 e. The monoisotopic (exact) mass is 263 g/mol. The topological polar surface area (TPSA) is 49.8 Å². The first kappa shape index (κ1) is 13.9. The lowest BCUT2D eigenvalue weighted by Gasteiger charge is -2.35. The van der Waals surface area contributed by atoms with Gasteiger partial charge in [0.2, 0.25) is 0 Å². The molecule has 1 aliphatic heterocycles. The van der Waals surface area contributed by atoms with Crippen LogP contribution in [0.1, 0.15) is 31.4 Å². The molecule has 1 heterocycles. The molecule has 4 heteroatoms. The summed E-state index contributed by atoms with van der Waals surface area (Å²) in [6.45, 7) is 3.74. The van der Waals surface area contributed by atoms with Gasteiger partial charge < -0.3 is 9.84 Å². The summed E-state index contributed by atoms with van der Waals surface area (Å²) in [5, 5.41) is 9.13. The minimum absolute atomic E-state index is 0.227. The molecule has 2 rings (SSSR count). The molecule has 1 aromatic rings. The number of carbonyl (C=O) groups is 1. The Labute approximate surface area is 114 Å². The van der Waals surface area contributed by atoms with E-state index in [1.165, 1.54) is 5.56 Å². The first-order valence-corrected chi connectivity index (χ1v) is 6.72. The summed E-state index contributed by atoms with van der Waals surface area (Å²) in [5.41, 5.74) is 1.20. The molecule has 0 amide bonds. The van der Waals surface area contributed by atoms with Crippen LogP contribution in [0.5, 0.6) is 5.75 Å². The minimum atomic E-state index is -0.674. The molecule has 2 atom stereocenters. The molecule has 4 nitrogen and oxygen atoms in total. The Morgan fingerprint density at radius 1 is 1.42 bits per heavy atom. The van der Waals surface area contributed by atoms with E-state index in [1.54, 1.807) is 7.11 Å². The van der Waals surface area contributed by atoms with Gasteiger partial charge in [0.15, 0.2) is 0 Å². The fourth-order valence-corrected chi connectivity index (χ4v) is 2.65. The van der Waals surface area contributed by atoms with Crippen molar-refractivity contribution in [1.29, 1.82) is 0 Å². The summed E-state index contributed by atoms with van der Waals surface area (Å²) in [7, 11) is 1.65. The predicted octanol–water partition coefficient (Wildman–Crippen LogP) is 2.55. The van der Waals surface area contributed by atoms with Crippen molar-refractivity contribution in [2.24, 2.45) is 5.92 Å². The second-order valence-corrected chi connectivity index (χ2v) is 5.12. The average Bonchev–Trinajstić information content (AvgIpc) is 2.46. The number of carboxylic acids is 1. The molecule has 2 unspecified atom stereocenters. The molecule has 1 fully saturated rings. The van der Waals surface area contributed by atoms with Crippen molar-refractivity contribution in [3.05, 3.63) is 29.8 Å². The molecule has 0 bridgehead atoms. The Hall–Kier alpha value is -1.55. The van der Waals surface area contributed by atoms with Crippen LogP contribution in [0.2, 0.25) is 0 Å². The highest BCUT2D eigenvalue weighted by molar-refractivity contribution is 5.70. The van der Waals surface area contributed by atoms with Crippen LogP contribution in [0.4, 0.5) is 0 Å². The Morgan fingerprint density at radius 2 is 2.11 bits per heavy atom. The van der Waals surface area contributed by atoms with Gasteiger partial charge in [-0.25, -0.2) is 0 Å². The molecule has 1 N–H and O–H groups in total. The molecular weight excluding hydrogens is 242 g/mol. The zero-order chi connectivity index (χ0) is 13.8. The van der Waals surface area contributed by atoms with Crippen molar-refractivity contribution in [2.45, 2.75) is 25.8 Å². The predicted molar refractivity (Wildman–Crippen MR) is 73.3 cm³/mol. The summed E-state index contributed by atoms with van der Waals surface area (Å²) in [6.07, 6.45) is 1.75. The van der Waals surface area contributed by atoms with E-state index in [0.717, 1.165) is 25.1 Å². The normalized spacial score (nSPS) is 21.9. The third-order valence-corrected chi connectivity index (χ3v) is 3.95.